The Labute approximate surface area is 154 Å². The molecule has 0 aliphatic rings. The van der Waals surface area contributed by atoms with Crippen LogP contribution in [-0.4, -0.2) is 15.7 Å². The molecule has 3 rings (SSSR count). The van der Waals surface area contributed by atoms with Gasteiger partial charge in [0.05, 0.1) is 28.7 Å². The second-order valence-corrected chi connectivity index (χ2v) is 6.30. The highest BCUT2D eigenvalue weighted by Gasteiger charge is 2.21. The fourth-order valence-electron chi connectivity index (χ4n) is 2.94. The van der Waals surface area contributed by atoms with Gasteiger partial charge < -0.3 is 5.32 Å². The highest BCUT2D eigenvalue weighted by molar-refractivity contribution is 5.96. The molecule has 0 spiro atoms. The average molecular weight is 373 g/mol. The molecule has 1 atom stereocenters. The van der Waals surface area contributed by atoms with Crippen LogP contribution in [0.15, 0.2) is 42.5 Å². The molecule has 0 aliphatic carbocycles. The van der Waals surface area contributed by atoms with Gasteiger partial charge in [0.25, 0.3) is 5.91 Å². The maximum Gasteiger partial charge on any atom is 0.255 e. The van der Waals surface area contributed by atoms with Gasteiger partial charge in [-0.2, -0.15) is 5.10 Å². The normalized spacial score (nSPS) is 12.1. The van der Waals surface area contributed by atoms with Gasteiger partial charge in [0.2, 0.25) is 0 Å². The maximum atomic E-state index is 13.4. The third-order valence-electron chi connectivity index (χ3n) is 4.38. The van der Waals surface area contributed by atoms with Gasteiger partial charge in [0.1, 0.15) is 5.82 Å². The van der Waals surface area contributed by atoms with Crippen molar-refractivity contribution in [1.29, 1.82) is 0 Å². The first-order chi connectivity index (χ1) is 12.8. The van der Waals surface area contributed by atoms with E-state index in [1.165, 1.54) is 18.2 Å². The number of carbonyl (C=O) groups excluding carboxylic acids is 1. The van der Waals surface area contributed by atoms with Crippen LogP contribution in [0, 0.1) is 31.3 Å². The van der Waals surface area contributed by atoms with Crippen LogP contribution >= 0.6 is 0 Å². The molecule has 2 aromatic carbocycles. The number of rotatable bonds is 4. The quantitative estimate of drug-likeness (QED) is 0.737. The van der Waals surface area contributed by atoms with E-state index in [0.29, 0.717) is 28.2 Å². The van der Waals surface area contributed by atoms with Crippen LogP contribution in [0.25, 0.3) is 5.69 Å². The summed E-state index contributed by atoms with van der Waals surface area (Å²) >= 11 is 0. The van der Waals surface area contributed by atoms with E-state index >= 15 is 0 Å². The predicted molar refractivity (Wildman–Crippen MR) is 95.2 cm³/mol. The molecule has 1 amide bonds. The van der Waals surface area contributed by atoms with E-state index in [1.807, 2.05) is 0 Å². The Hall–Kier alpha value is -3.09. The van der Waals surface area contributed by atoms with Crippen LogP contribution in [-0.2, 0) is 0 Å². The van der Waals surface area contributed by atoms with Crippen molar-refractivity contribution in [2.45, 2.75) is 26.8 Å². The molecule has 0 fully saturated rings. The molecule has 27 heavy (non-hydrogen) atoms. The SMILES string of the molecule is Cc1nn(-c2ccc(F)cc2)c(C)c1C(=O)N[C@@H](C)c1ccc(F)c(F)c1. The Morgan fingerprint density at radius 1 is 1.04 bits per heavy atom. The second-order valence-electron chi connectivity index (χ2n) is 6.30. The minimum atomic E-state index is -0.968. The third kappa shape index (κ3) is 3.72. The lowest BCUT2D eigenvalue weighted by Gasteiger charge is -2.15. The average Bonchev–Trinajstić information content (AvgIpc) is 2.92. The maximum absolute atomic E-state index is 13.4. The number of benzene rings is 2. The number of aromatic nitrogens is 2. The monoisotopic (exact) mass is 373 g/mol. The van der Waals surface area contributed by atoms with E-state index in [9.17, 15) is 18.0 Å². The van der Waals surface area contributed by atoms with Crippen LogP contribution in [0.3, 0.4) is 0 Å². The van der Waals surface area contributed by atoms with Gasteiger partial charge in [0, 0.05) is 0 Å². The van der Waals surface area contributed by atoms with Crippen molar-refractivity contribution in [2.24, 2.45) is 0 Å². The molecule has 1 aromatic heterocycles. The molecule has 0 saturated carbocycles. The first-order valence-electron chi connectivity index (χ1n) is 8.36. The summed E-state index contributed by atoms with van der Waals surface area (Å²) in [5.41, 5.74) is 2.56. The first kappa shape index (κ1) is 18.7. The Bertz CT molecular complexity index is 996. The Morgan fingerprint density at radius 3 is 2.33 bits per heavy atom. The van der Waals surface area contributed by atoms with E-state index in [-0.39, 0.29) is 11.7 Å². The molecule has 3 aromatic rings. The van der Waals surface area contributed by atoms with Crippen molar-refractivity contribution >= 4 is 5.91 Å². The Morgan fingerprint density at radius 2 is 1.70 bits per heavy atom. The molecule has 1 N–H and O–H groups in total. The van der Waals surface area contributed by atoms with Gasteiger partial charge in [-0.1, -0.05) is 6.07 Å². The fraction of sp³-hybridized carbons (Fsp3) is 0.200. The smallest absolute Gasteiger partial charge is 0.255 e. The van der Waals surface area contributed by atoms with Gasteiger partial charge in [0.15, 0.2) is 11.6 Å². The highest BCUT2D eigenvalue weighted by Crippen LogP contribution is 2.21. The molecule has 0 radical (unpaired) electrons. The van der Waals surface area contributed by atoms with Crippen LogP contribution in [0.4, 0.5) is 13.2 Å². The molecular weight excluding hydrogens is 355 g/mol. The molecule has 7 heteroatoms. The van der Waals surface area contributed by atoms with Crippen molar-refractivity contribution in [3.05, 3.63) is 82.4 Å². The van der Waals surface area contributed by atoms with E-state index in [2.05, 4.69) is 10.4 Å². The minimum absolute atomic E-state index is 0.362. The summed E-state index contributed by atoms with van der Waals surface area (Å²) in [6, 6.07) is 8.75. The minimum Gasteiger partial charge on any atom is -0.345 e. The van der Waals surface area contributed by atoms with E-state index in [0.717, 1.165) is 12.1 Å². The van der Waals surface area contributed by atoms with Crippen molar-refractivity contribution in [2.75, 3.05) is 0 Å². The largest absolute Gasteiger partial charge is 0.345 e. The summed E-state index contributed by atoms with van der Waals surface area (Å²) in [4.78, 5) is 12.7. The zero-order valence-corrected chi connectivity index (χ0v) is 15.1. The number of carbonyl (C=O) groups is 1. The highest BCUT2D eigenvalue weighted by atomic mass is 19.2. The van der Waals surface area contributed by atoms with Gasteiger partial charge in [-0.05, 0) is 62.7 Å². The third-order valence-corrected chi connectivity index (χ3v) is 4.38. The first-order valence-corrected chi connectivity index (χ1v) is 8.36. The summed E-state index contributed by atoms with van der Waals surface area (Å²) in [5, 5.41) is 7.13. The Kier molecular flexibility index (Phi) is 5.03. The van der Waals surface area contributed by atoms with E-state index < -0.39 is 17.7 Å². The fourth-order valence-corrected chi connectivity index (χ4v) is 2.94. The zero-order valence-electron chi connectivity index (χ0n) is 15.1. The lowest BCUT2D eigenvalue weighted by molar-refractivity contribution is 0.0938. The van der Waals surface area contributed by atoms with Crippen molar-refractivity contribution in [3.63, 3.8) is 0 Å². The van der Waals surface area contributed by atoms with Gasteiger partial charge in [-0.15, -0.1) is 0 Å². The molecular formula is C20H18F3N3O. The second kappa shape index (κ2) is 7.26. The number of aryl methyl sites for hydroxylation is 1. The number of nitrogens with zero attached hydrogens (tertiary/aromatic N) is 2. The molecule has 0 bridgehead atoms. The summed E-state index contributed by atoms with van der Waals surface area (Å²) in [7, 11) is 0. The standard InChI is InChI=1S/C20H18F3N3O/c1-11(14-4-9-17(22)18(23)10-14)24-20(27)19-12(2)25-26(13(19)3)16-7-5-15(21)6-8-16/h4-11H,1-3H3,(H,24,27)/t11-/m0/s1. The van der Waals surface area contributed by atoms with Crippen LogP contribution in [0.2, 0.25) is 0 Å². The number of hydrogen-bond donors (Lipinski definition) is 1. The molecule has 1 heterocycles. The predicted octanol–water partition coefficient (Wildman–Crippen LogP) is 4.40. The van der Waals surface area contributed by atoms with E-state index in [4.69, 9.17) is 0 Å². The van der Waals surface area contributed by atoms with Crippen LogP contribution in [0.1, 0.15) is 40.3 Å². The summed E-state index contributed by atoms with van der Waals surface area (Å²) in [5.74, 6) is -2.65. The summed E-state index contributed by atoms with van der Waals surface area (Å²) in [6.07, 6.45) is 0. The van der Waals surface area contributed by atoms with Crippen molar-refractivity contribution in [3.8, 4) is 5.69 Å². The lowest BCUT2D eigenvalue weighted by Crippen LogP contribution is -2.27. The number of amides is 1. The summed E-state index contributed by atoms with van der Waals surface area (Å²) < 4.78 is 41.2. The van der Waals surface area contributed by atoms with Crippen molar-refractivity contribution < 1.29 is 18.0 Å². The molecule has 0 saturated heterocycles. The zero-order chi connectivity index (χ0) is 19.7. The topological polar surface area (TPSA) is 46.9 Å². The van der Waals surface area contributed by atoms with E-state index in [1.54, 1.807) is 37.6 Å². The number of halogens is 3. The van der Waals surface area contributed by atoms with Gasteiger partial charge >= 0.3 is 0 Å². The summed E-state index contributed by atoms with van der Waals surface area (Å²) in [6.45, 7) is 5.12. The number of nitrogens with one attached hydrogen (secondary N) is 1. The van der Waals surface area contributed by atoms with Crippen molar-refractivity contribution in [1.82, 2.24) is 15.1 Å². The molecule has 0 aliphatic heterocycles. The van der Waals surface area contributed by atoms with Crippen LogP contribution in [0.5, 0.6) is 0 Å². The lowest BCUT2D eigenvalue weighted by atomic mass is 10.1. The molecule has 4 nitrogen and oxygen atoms in total. The van der Waals surface area contributed by atoms with Crippen LogP contribution < -0.4 is 5.32 Å². The molecule has 140 valence electrons. The van der Waals surface area contributed by atoms with Gasteiger partial charge in [-0.3, -0.25) is 4.79 Å². The molecule has 0 unspecified atom stereocenters. The Balaban J connectivity index is 1.86. The van der Waals surface area contributed by atoms with Gasteiger partial charge in [-0.25, -0.2) is 17.9 Å². The number of hydrogen-bond acceptors (Lipinski definition) is 2.